The molecule has 0 unspecified atom stereocenters. The average molecular weight is 426 g/mol. The van der Waals surface area contributed by atoms with E-state index in [0.29, 0.717) is 24.7 Å². The molecule has 0 spiro atoms. The number of allylic oxidation sites excluding steroid dienone is 2. The van der Waals surface area contributed by atoms with Gasteiger partial charge in [0.15, 0.2) is 0 Å². The maximum Gasteiger partial charge on any atom is 0.338 e. The van der Waals surface area contributed by atoms with E-state index in [9.17, 15) is 4.79 Å². The molecule has 0 radical (unpaired) electrons. The van der Waals surface area contributed by atoms with Gasteiger partial charge in [0.25, 0.3) is 0 Å². The van der Waals surface area contributed by atoms with Crippen LogP contribution in [-0.4, -0.2) is 12.6 Å². The molecule has 3 aromatic carbocycles. The van der Waals surface area contributed by atoms with E-state index in [1.807, 2.05) is 49.4 Å². The zero-order valence-corrected chi connectivity index (χ0v) is 18.2. The van der Waals surface area contributed by atoms with Gasteiger partial charge >= 0.3 is 5.97 Å². The van der Waals surface area contributed by atoms with Gasteiger partial charge < -0.3 is 14.8 Å². The quantitative estimate of drug-likeness (QED) is 0.374. The van der Waals surface area contributed by atoms with Crippen LogP contribution in [0.4, 0.5) is 5.69 Å². The van der Waals surface area contributed by atoms with Crippen LogP contribution < -0.4 is 10.1 Å². The molecular weight excluding hydrogens is 398 g/mol. The van der Waals surface area contributed by atoms with Crippen molar-refractivity contribution in [2.75, 3.05) is 11.9 Å². The van der Waals surface area contributed by atoms with Crippen LogP contribution >= 0.6 is 0 Å². The molecule has 1 aliphatic heterocycles. The number of hydrogen-bond acceptors (Lipinski definition) is 4. The average Bonchev–Trinajstić information content (AvgIpc) is 3.33. The van der Waals surface area contributed by atoms with Crippen molar-refractivity contribution in [3.05, 3.63) is 107 Å². The normalized spacial score (nSPS) is 20.7. The van der Waals surface area contributed by atoms with Gasteiger partial charge in [0, 0.05) is 17.2 Å². The third-order valence-corrected chi connectivity index (χ3v) is 6.37. The highest BCUT2D eigenvalue weighted by Crippen LogP contribution is 2.51. The second-order valence-electron chi connectivity index (χ2n) is 8.31. The van der Waals surface area contributed by atoms with Crippen LogP contribution in [0.15, 0.2) is 84.9 Å². The number of nitrogens with one attached hydrogen (secondary N) is 1. The molecule has 1 aliphatic carbocycles. The van der Waals surface area contributed by atoms with Crippen molar-refractivity contribution in [2.24, 2.45) is 5.92 Å². The fourth-order valence-electron chi connectivity index (χ4n) is 4.85. The summed E-state index contributed by atoms with van der Waals surface area (Å²) in [5.74, 6) is 1.26. The van der Waals surface area contributed by atoms with Crippen LogP contribution in [0.25, 0.3) is 0 Å². The summed E-state index contributed by atoms with van der Waals surface area (Å²) in [7, 11) is 0. The Morgan fingerprint density at radius 1 is 1.00 bits per heavy atom. The first-order chi connectivity index (χ1) is 15.7. The number of anilines is 1. The Morgan fingerprint density at radius 2 is 1.81 bits per heavy atom. The van der Waals surface area contributed by atoms with Crippen LogP contribution in [0.5, 0.6) is 5.75 Å². The molecule has 3 aromatic rings. The monoisotopic (exact) mass is 425 g/mol. The highest BCUT2D eigenvalue weighted by molar-refractivity contribution is 5.90. The Hall–Kier alpha value is -3.53. The summed E-state index contributed by atoms with van der Waals surface area (Å²) in [6.45, 7) is 2.74. The first-order valence-electron chi connectivity index (χ1n) is 11.2. The third-order valence-electron chi connectivity index (χ3n) is 6.37. The lowest BCUT2D eigenvalue weighted by Crippen LogP contribution is -2.29. The number of carbonyl (C=O) groups is 1. The number of ether oxygens (including phenoxy) is 2. The van der Waals surface area contributed by atoms with E-state index in [4.69, 9.17) is 9.47 Å². The van der Waals surface area contributed by atoms with Crippen molar-refractivity contribution in [2.45, 2.75) is 31.9 Å². The molecule has 0 saturated carbocycles. The molecule has 1 heterocycles. The molecule has 0 saturated heterocycles. The minimum atomic E-state index is -0.268. The summed E-state index contributed by atoms with van der Waals surface area (Å²) in [5.41, 5.74) is 5.15. The summed E-state index contributed by atoms with van der Waals surface area (Å²) >= 11 is 0. The SMILES string of the molecule is CCOC(=O)c1ccc2c(c1)[C@H]1C=CC[C@@H]1[C@H](c1ccccc1OCc1ccccc1)N2. The molecule has 1 N–H and O–H groups in total. The fourth-order valence-corrected chi connectivity index (χ4v) is 4.85. The van der Waals surface area contributed by atoms with Crippen molar-refractivity contribution < 1.29 is 14.3 Å². The van der Waals surface area contributed by atoms with Gasteiger partial charge in [0.05, 0.1) is 18.2 Å². The molecule has 0 bridgehead atoms. The molecule has 4 nitrogen and oxygen atoms in total. The van der Waals surface area contributed by atoms with E-state index in [1.165, 1.54) is 5.56 Å². The van der Waals surface area contributed by atoms with Crippen LogP contribution in [-0.2, 0) is 11.3 Å². The number of benzene rings is 3. The summed E-state index contributed by atoms with van der Waals surface area (Å²) in [5, 5.41) is 3.75. The number of fused-ring (bicyclic) bond motifs is 3. The Labute approximate surface area is 188 Å². The van der Waals surface area contributed by atoms with E-state index in [-0.39, 0.29) is 17.9 Å². The summed E-state index contributed by atoms with van der Waals surface area (Å²) in [4.78, 5) is 12.3. The van der Waals surface area contributed by atoms with Crippen molar-refractivity contribution in [3.63, 3.8) is 0 Å². The first-order valence-corrected chi connectivity index (χ1v) is 11.2. The zero-order chi connectivity index (χ0) is 21.9. The summed E-state index contributed by atoms with van der Waals surface area (Å²) in [6.07, 6.45) is 5.52. The number of hydrogen-bond donors (Lipinski definition) is 1. The minimum absolute atomic E-state index is 0.128. The Balaban J connectivity index is 1.45. The lowest BCUT2D eigenvalue weighted by atomic mass is 9.76. The largest absolute Gasteiger partial charge is 0.489 e. The number of esters is 1. The van der Waals surface area contributed by atoms with Crippen LogP contribution in [0.1, 0.15) is 52.4 Å². The van der Waals surface area contributed by atoms with E-state index in [2.05, 4.69) is 47.8 Å². The number of rotatable bonds is 6. The fraction of sp³-hybridized carbons (Fsp3) is 0.250. The van der Waals surface area contributed by atoms with Gasteiger partial charge in [-0.1, -0.05) is 60.7 Å². The lowest BCUT2D eigenvalue weighted by Gasteiger charge is -2.38. The maximum absolute atomic E-state index is 12.3. The van der Waals surface area contributed by atoms with Gasteiger partial charge in [-0.2, -0.15) is 0 Å². The molecule has 0 amide bonds. The minimum Gasteiger partial charge on any atom is -0.489 e. The topological polar surface area (TPSA) is 47.6 Å². The molecule has 0 aromatic heterocycles. The van der Waals surface area contributed by atoms with Gasteiger partial charge in [0.1, 0.15) is 12.4 Å². The number of para-hydroxylation sites is 1. The maximum atomic E-state index is 12.3. The Kier molecular flexibility index (Phi) is 5.68. The zero-order valence-electron chi connectivity index (χ0n) is 18.2. The van der Waals surface area contributed by atoms with Gasteiger partial charge in [-0.25, -0.2) is 4.79 Å². The van der Waals surface area contributed by atoms with Crippen molar-refractivity contribution in [1.29, 1.82) is 0 Å². The predicted molar refractivity (Wildman–Crippen MR) is 126 cm³/mol. The highest BCUT2D eigenvalue weighted by Gasteiger charge is 2.39. The van der Waals surface area contributed by atoms with Crippen molar-refractivity contribution in [1.82, 2.24) is 0 Å². The van der Waals surface area contributed by atoms with Gasteiger partial charge in [-0.05, 0) is 54.7 Å². The molecule has 4 heteroatoms. The Morgan fingerprint density at radius 3 is 2.66 bits per heavy atom. The van der Waals surface area contributed by atoms with Crippen molar-refractivity contribution >= 4 is 11.7 Å². The standard InChI is InChI=1S/C28H27NO3/c1-2-31-28(30)20-15-16-25-24(17-20)21-12-8-13-22(21)27(29-25)23-11-6-7-14-26(23)32-18-19-9-4-3-5-10-19/h3-12,14-17,21-22,27,29H,2,13,18H2,1H3/t21-,22-,27+/m0/s1. The number of carbonyl (C=O) groups excluding carboxylic acids is 1. The van der Waals surface area contributed by atoms with Crippen molar-refractivity contribution in [3.8, 4) is 5.75 Å². The molecule has 0 fully saturated rings. The van der Waals surface area contributed by atoms with E-state index in [1.54, 1.807) is 0 Å². The molecule has 2 aliphatic rings. The second kappa shape index (κ2) is 8.91. The second-order valence-corrected chi connectivity index (χ2v) is 8.31. The van der Waals surface area contributed by atoms with Crippen LogP contribution in [0, 0.1) is 5.92 Å². The molecule has 32 heavy (non-hydrogen) atoms. The van der Waals surface area contributed by atoms with Gasteiger partial charge in [-0.3, -0.25) is 0 Å². The van der Waals surface area contributed by atoms with E-state index >= 15 is 0 Å². The van der Waals surface area contributed by atoms with E-state index in [0.717, 1.165) is 29.0 Å². The first kappa shape index (κ1) is 20.4. The van der Waals surface area contributed by atoms with Crippen LogP contribution in [0.3, 0.4) is 0 Å². The van der Waals surface area contributed by atoms with Crippen LogP contribution in [0.2, 0.25) is 0 Å². The third kappa shape index (κ3) is 3.89. The van der Waals surface area contributed by atoms with E-state index < -0.39 is 0 Å². The molecule has 3 atom stereocenters. The predicted octanol–water partition coefficient (Wildman–Crippen LogP) is 6.27. The molecular formula is C28H27NO3. The van der Waals surface area contributed by atoms with Gasteiger partial charge in [-0.15, -0.1) is 0 Å². The molecule has 5 rings (SSSR count). The molecule has 162 valence electrons. The highest BCUT2D eigenvalue weighted by atomic mass is 16.5. The smallest absolute Gasteiger partial charge is 0.338 e. The lowest BCUT2D eigenvalue weighted by molar-refractivity contribution is 0.0526. The Bertz CT molecular complexity index is 1140. The van der Waals surface area contributed by atoms with Gasteiger partial charge in [0.2, 0.25) is 0 Å². The summed E-state index contributed by atoms with van der Waals surface area (Å²) < 4.78 is 11.5. The summed E-state index contributed by atoms with van der Waals surface area (Å²) in [6, 6.07) is 24.5.